The van der Waals surface area contributed by atoms with Gasteiger partial charge in [0.2, 0.25) is 11.8 Å². The standard InChI is InChI=1S/C64H72N2O15/c1-4-49(67)66-50-53(52-48(77-62(50)69-3)40-75-61(78-52)47-33-21-10-22-34-47)79-63-59(74-39-46-31-19-9-20-32-46)56(51(41(2)76-63)70-35-42-23-11-5-12-24-42)80-64-58(73-38-45-29-17-8-18-30-45)55(72-37-44-27-15-7-16-28-44)54(57(81-64)60(65)68)71-36-43-25-13-6-14-26-43/h5-34,41,48,50-59,61-64H,4,35-40H2,1-3H3,(H2,65,68)(H,66,67)/t41-,48+,50+,51-,52+,53+,54+,55+,56+,57+,58+,59+,61+,62+,63-,64+/m0/s1. The van der Waals surface area contributed by atoms with E-state index >= 15 is 0 Å². The van der Waals surface area contributed by atoms with Crippen LogP contribution in [0.25, 0.3) is 0 Å². The van der Waals surface area contributed by atoms with Gasteiger partial charge in [-0.05, 0) is 34.7 Å². The molecule has 2 amide bonds. The first-order valence-corrected chi connectivity index (χ1v) is 27.7. The SMILES string of the molecule is CCC(=O)N[C@H]1[C@H](OC)O[C@@H]2CO[C@@H](c3ccccc3)O[C@H]2[C@@H]1O[C@@H]1O[C@@H](C)[C@H](OCc2ccccc2)[C@@H](O[C@@H]2O[C@@H](C(N)=O)[C@H](OCc3ccccc3)[C@@H](OCc3ccccc3)[C@H]2OCc2ccccc2)[C@H]1OCc1ccccc1. The highest BCUT2D eigenvalue weighted by Gasteiger charge is 2.58. The molecular formula is C64H72N2O15. The lowest BCUT2D eigenvalue weighted by Crippen LogP contribution is -2.70. The minimum absolute atomic E-state index is 0.0624. The van der Waals surface area contributed by atoms with Gasteiger partial charge in [-0.2, -0.15) is 0 Å². The first kappa shape index (κ1) is 58.0. The van der Waals surface area contributed by atoms with E-state index in [1.54, 1.807) is 6.92 Å². The quantitative estimate of drug-likeness (QED) is 0.0592. The molecule has 4 saturated heterocycles. The van der Waals surface area contributed by atoms with Crippen molar-refractivity contribution >= 4 is 11.8 Å². The predicted molar refractivity (Wildman–Crippen MR) is 295 cm³/mol. The molecule has 17 heteroatoms. The van der Waals surface area contributed by atoms with Crippen LogP contribution in [0.2, 0.25) is 0 Å². The Kier molecular flexibility index (Phi) is 20.5. The van der Waals surface area contributed by atoms with E-state index in [0.29, 0.717) is 0 Å². The molecule has 0 aliphatic carbocycles. The van der Waals surface area contributed by atoms with Crippen LogP contribution in [0.5, 0.6) is 0 Å². The summed E-state index contributed by atoms with van der Waals surface area (Å²) in [4.78, 5) is 27.5. The molecule has 6 aromatic rings. The fraction of sp³-hybridized carbons (Fsp3) is 0.406. The summed E-state index contributed by atoms with van der Waals surface area (Å²) in [6, 6.07) is 57.0. The molecule has 0 spiro atoms. The lowest BCUT2D eigenvalue weighted by atomic mass is 9.93. The van der Waals surface area contributed by atoms with Gasteiger partial charge in [-0.25, -0.2) is 0 Å². The summed E-state index contributed by atoms with van der Waals surface area (Å²) in [7, 11) is 1.50. The van der Waals surface area contributed by atoms with Crippen molar-refractivity contribution in [1.29, 1.82) is 0 Å². The second kappa shape index (κ2) is 28.6. The van der Waals surface area contributed by atoms with Crippen LogP contribution >= 0.6 is 0 Å². The van der Waals surface area contributed by atoms with Crippen LogP contribution < -0.4 is 11.1 Å². The average molecular weight is 1110 g/mol. The van der Waals surface area contributed by atoms with Crippen LogP contribution in [0.15, 0.2) is 182 Å². The van der Waals surface area contributed by atoms with Crippen LogP contribution in [0, 0.1) is 0 Å². The third kappa shape index (κ3) is 14.9. The van der Waals surface area contributed by atoms with Crippen molar-refractivity contribution < 1.29 is 71.2 Å². The minimum atomic E-state index is -1.41. The molecule has 3 N–H and O–H groups in total. The molecular weight excluding hydrogens is 1040 g/mol. The molecule has 428 valence electrons. The summed E-state index contributed by atoms with van der Waals surface area (Å²) in [6.07, 6.45) is -15.5. The first-order chi connectivity index (χ1) is 39.7. The predicted octanol–water partition coefficient (Wildman–Crippen LogP) is 8.02. The molecule has 0 bridgehead atoms. The smallest absolute Gasteiger partial charge is 0.249 e. The number of amides is 2. The number of rotatable bonds is 24. The molecule has 4 fully saturated rings. The van der Waals surface area contributed by atoms with Crippen molar-refractivity contribution in [1.82, 2.24) is 5.32 Å². The van der Waals surface area contributed by atoms with E-state index in [2.05, 4.69) is 5.32 Å². The Morgan fingerprint density at radius 3 is 1.38 bits per heavy atom. The molecule has 6 aromatic carbocycles. The molecule has 16 atom stereocenters. The van der Waals surface area contributed by atoms with Gasteiger partial charge in [0.05, 0.1) is 45.7 Å². The average Bonchev–Trinajstić information content (AvgIpc) is 3.66. The molecule has 10 rings (SSSR count). The van der Waals surface area contributed by atoms with E-state index in [4.69, 9.17) is 67.3 Å². The van der Waals surface area contributed by atoms with Crippen molar-refractivity contribution in [3.63, 3.8) is 0 Å². The summed E-state index contributed by atoms with van der Waals surface area (Å²) >= 11 is 0. The highest BCUT2D eigenvalue weighted by atomic mass is 16.8. The second-order valence-corrected chi connectivity index (χ2v) is 20.4. The van der Waals surface area contributed by atoms with E-state index in [1.165, 1.54) is 7.11 Å². The van der Waals surface area contributed by atoms with Gasteiger partial charge < -0.3 is 72.6 Å². The Hall–Kier alpha value is -6.26. The number of fused-ring (bicyclic) bond motifs is 1. The van der Waals surface area contributed by atoms with Gasteiger partial charge in [0.1, 0.15) is 61.0 Å². The monoisotopic (exact) mass is 1110 g/mol. The number of carbonyl (C=O) groups excluding carboxylic acids is 2. The zero-order chi connectivity index (χ0) is 55.9. The van der Waals surface area contributed by atoms with Crippen molar-refractivity contribution in [2.45, 2.75) is 152 Å². The van der Waals surface area contributed by atoms with Crippen molar-refractivity contribution in [2.75, 3.05) is 13.7 Å². The Labute approximate surface area is 473 Å². The lowest BCUT2D eigenvalue weighted by Gasteiger charge is -2.52. The molecule has 0 unspecified atom stereocenters. The van der Waals surface area contributed by atoms with Crippen molar-refractivity contribution in [2.24, 2.45) is 5.73 Å². The number of nitrogens with two attached hydrogens (primary N) is 1. The van der Waals surface area contributed by atoms with Gasteiger partial charge in [0.15, 0.2) is 31.3 Å². The zero-order valence-corrected chi connectivity index (χ0v) is 45.7. The Morgan fingerprint density at radius 2 is 0.914 bits per heavy atom. The summed E-state index contributed by atoms with van der Waals surface area (Å²) in [5.41, 5.74) is 11.4. The van der Waals surface area contributed by atoms with E-state index in [9.17, 15) is 9.59 Å². The van der Waals surface area contributed by atoms with Gasteiger partial charge in [-0.1, -0.05) is 189 Å². The summed E-state index contributed by atoms with van der Waals surface area (Å²) in [5.74, 6) is -1.08. The van der Waals surface area contributed by atoms with Gasteiger partial charge in [-0.15, -0.1) is 0 Å². The fourth-order valence-electron chi connectivity index (χ4n) is 10.6. The highest BCUT2D eigenvalue weighted by Crippen LogP contribution is 2.41. The van der Waals surface area contributed by atoms with Crippen LogP contribution in [-0.2, 0) is 104 Å². The maximum atomic E-state index is 14.0. The van der Waals surface area contributed by atoms with E-state index in [0.717, 1.165) is 33.4 Å². The molecule has 81 heavy (non-hydrogen) atoms. The van der Waals surface area contributed by atoms with Gasteiger partial charge in [0, 0.05) is 19.1 Å². The number of nitrogens with one attached hydrogen (secondary N) is 1. The van der Waals surface area contributed by atoms with Gasteiger partial charge >= 0.3 is 0 Å². The topological polar surface area (TPSA) is 192 Å². The Bertz CT molecular complexity index is 2830. The summed E-state index contributed by atoms with van der Waals surface area (Å²) in [6.45, 7) is 4.25. The van der Waals surface area contributed by atoms with Crippen LogP contribution in [-0.4, -0.2) is 118 Å². The molecule has 0 saturated carbocycles. The zero-order valence-electron chi connectivity index (χ0n) is 45.7. The molecule has 0 aromatic heterocycles. The summed E-state index contributed by atoms with van der Waals surface area (Å²) < 4.78 is 88.9. The second-order valence-electron chi connectivity index (χ2n) is 20.4. The number of primary amides is 1. The molecule has 0 radical (unpaired) electrons. The largest absolute Gasteiger partial charge is 0.368 e. The maximum Gasteiger partial charge on any atom is 0.249 e. The Balaban J connectivity index is 1.07. The van der Waals surface area contributed by atoms with Crippen molar-refractivity contribution in [3.8, 4) is 0 Å². The third-order valence-corrected chi connectivity index (χ3v) is 14.8. The normalized spacial score (nSPS) is 30.2. The van der Waals surface area contributed by atoms with Gasteiger partial charge in [-0.3, -0.25) is 9.59 Å². The molecule has 4 aliphatic rings. The molecule has 4 aliphatic heterocycles. The molecule has 4 heterocycles. The molecule has 17 nitrogen and oxygen atoms in total. The number of methoxy groups -OCH3 is 1. The van der Waals surface area contributed by atoms with E-state index in [1.807, 2.05) is 189 Å². The first-order valence-electron chi connectivity index (χ1n) is 27.7. The maximum absolute atomic E-state index is 14.0. The highest BCUT2D eigenvalue weighted by molar-refractivity contribution is 5.80. The van der Waals surface area contributed by atoms with Gasteiger partial charge in [0.25, 0.3) is 0 Å². The fourth-order valence-corrected chi connectivity index (χ4v) is 10.6. The van der Waals surface area contributed by atoms with E-state index in [-0.39, 0.29) is 52.0 Å². The van der Waals surface area contributed by atoms with Crippen molar-refractivity contribution in [3.05, 3.63) is 215 Å². The van der Waals surface area contributed by atoms with Crippen LogP contribution in [0.1, 0.15) is 59.9 Å². The number of hydrogen-bond acceptors (Lipinski definition) is 15. The number of benzene rings is 6. The van der Waals surface area contributed by atoms with E-state index < -0.39 is 104 Å². The third-order valence-electron chi connectivity index (χ3n) is 14.8. The number of ether oxygens (including phenoxy) is 13. The van der Waals surface area contributed by atoms with Crippen LogP contribution in [0.4, 0.5) is 0 Å². The lowest BCUT2D eigenvalue weighted by molar-refractivity contribution is -0.393. The minimum Gasteiger partial charge on any atom is -0.368 e. The van der Waals surface area contributed by atoms with Crippen LogP contribution in [0.3, 0.4) is 0 Å². The Morgan fingerprint density at radius 1 is 0.494 bits per heavy atom. The number of hydrogen-bond donors (Lipinski definition) is 2. The summed E-state index contributed by atoms with van der Waals surface area (Å²) in [5, 5.41) is 3.11. The number of carbonyl (C=O) groups is 2.